The molecule has 2 saturated heterocycles. The molecule has 1 N–H and O–H groups in total. The molecule has 0 spiro atoms. The smallest absolute Gasteiger partial charge is 0.224 e. The summed E-state index contributed by atoms with van der Waals surface area (Å²) in [6.45, 7) is 4.78. The van der Waals surface area contributed by atoms with Crippen LogP contribution in [0.5, 0.6) is 0 Å². The van der Waals surface area contributed by atoms with E-state index in [-0.39, 0.29) is 5.92 Å². The maximum Gasteiger partial charge on any atom is 0.224 e. The Balaban J connectivity index is 1.26. The van der Waals surface area contributed by atoms with Crippen molar-refractivity contribution in [3.63, 3.8) is 0 Å². The van der Waals surface area contributed by atoms with Gasteiger partial charge in [-0.05, 0) is 71.0 Å². The molecule has 0 aromatic rings. The van der Waals surface area contributed by atoms with E-state index >= 15 is 0 Å². The maximum atomic E-state index is 12.3. The quantitative estimate of drug-likeness (QED) is 0.863. The molecule has 124 valence electrons. The van der Waals surface area contributed by atoms with Crippen molar-refractivity contribution in [1.29, 1.82) is 0 Å². The molecular weight excluding hydrogens is 274 g/mol. The fourth-order valence-corrected chi connectivity index (χ4v) is 4.47. The third-order valence-electron chi connectivity index (χ3n) is 6.35. The second-order valence-electron chi connectivity index (χ2n) is 7.97. The van der Waals surface area contributed by atoms with Crippen LogP contribution in [-0.4, -0.2) is 60.0 Å². The summed E-state index contributed by atoms with van der Waals surface area (Å²) in [5.41, 5.74) is 0. The summed E-state index contributed by atoms with van der Waals surface area (Å²) >= 11 is 0. The zero-order valence-electron chi connectivity index (χ0n) is 13.8. The average molecular weight is 305 g/mol. The van der Waals surface area contributed by atoms with Crippen molar-refractivity contribution < 1.29 is 4.79 Å². The van der Waals surface area contributed by atoms with Gasteiger partial charge in [0, 0.05) is 24.7 Å². The Bertz CT molecular complexity index is 397. The van der Waals surface area contributed by atoms with E-state index in [1.54, 1.807) is 0 Å². The number of piperidine rings is 2. The van der Waals surface area contributed by atoms with Gasteiger partial charge in [0.25, 0.3) is 0 Å². The standard InChI is InChI=1S/C18H31N3O/c22-18(19-15-6-7-15)14-3-2-10-21(13-14)17-8-11-20(12-9-17)16-4-1-5-16/h14-17H,1-13H2,(H,19,22)/t14-/m0/s1. The summed E-state index contributed by atoms with van der Waals surface area (Å²) in [4.78, 5) is 17.7. The SMILES string of the molecule is O=C(NC1CC1)[C@H]1CCCN(C2CCN(C3CCC3)CC2)C1. The molecule has 0 aromatic heterocycles. The minimum atomic E-state index is 0.249. The Morgan fingerprint density at radius 1 is 0.773 bits per heavy atom. The van der Waals surface area contributed by atoms with Gasteiger partial charge in [-0.15, -0.1) is 0 Å². The van der Waals surface area contributed by atoms with Crippen LogP contribution in [0.4, 0.5) is 0 Å². The number of amides is 1. The molecule has 2 saturated carbocycles. The largest absolute Gasteiger partial charge is 0.353 e. The number of nitrogens with zero attached hydrogens (tertiary/aromatic N) is 2. The maximum absolute atomic E-state index is 12.3. The van der Waals surface area contributed by atoms with Crippen molar-refractivity contribution in [2.24, 2.45) is 5.92 Å². The highest BCUT2D eigenvalue weighted by atomic mass is 16.2. The zero-order valence-corrected chi connectivity index (χ0v) is 13.8. The minimum Gasteiger partial charge on any atom is -0.353 e. The lowest BCUT2D eigenvalue weighted by molar-refractivity contribution is -0.127. The van der Waals surface area contributed by atoms with Crippen LogP contribution in [0.2, 0.25) is 0 Å². The third kappa shape index (κ3) is 3.33. The molecule has 1 atom stereocenters. The van der Waals surface area contributed by atoms with Crippen molar-refractivity contribution in [2.45, 2.75) is 75.9 Å². The zero-order chi connectivity index (χ0) is 14.9. The summed E-state index contributed by atoms with van der Waals surface area (Å²) < 4.78 is 0. The highest BCUT2D eigenvalue weighted by Crippen LogP contribution is 2.30. The van der Waals surface area contributed by atoms with Crippen LogP contribution in [-0.2, 0) is 4.79 Å². The van der Waals surface area contributed by atoms with Gasteiger partial charge in [0.15, 0.2) is 0 Å². The molecule has 4 rings (SSSR count). The van der Waals surface area contributed by atoms with Gasteiger partial charge in [-0.1, -0.05) is 6.42 Å². The van der Waals surface area contributed by atoms with Crippen LogP contribution in [0, 0.1) is 5.92 Å². The van der Waals surface area contributed by atoms with Gasteiger partial charge in [-0.3, -0.25) is 9.69 Å². The first-order chi connectivity index (χ1) is 10.8. The Morgan fingerprint density at radius 3 is 2.14 bits per heavy atom. The van der Waals surface area contributed by atoms with Crippen LogP contribution in [0.15, 0.2) is 0 Å². The van der Waals surface area contributed by atoms with E-state index in [2.05, 4.69) is 15.1 Å². The lowest BCUT2D eigenvalue weighted by Crippen LogP contribution is -2.53. The molecule has 2 heterocycles. The molecular formula is C18H31N3O. The van der Waals surface area contributed by atoms with E-state index in [0.29, 0.717) is 11.9 Å². The molecule has 4 fully saturated rings. The molecule has 1 amide bonds. The van der Waals surface area contributed by atoms with Crippen molar-refractivity contribution >= 4 is 5.91 Å². The number of hydrogen-bond donors (Lipinski definition) is 1. The van der Waals surface area contributed by atoms with Gasteiger partial charge < -0.3 is 10.2 Å². The van der Waals surface area contributed by atoms with Crippen molar-refractivity contribution in [3.8, 4) is 0 Å². The Kier molecular flexibility index (Phi) is 4.40. The van der Waals surface area contributed by atoms with Gasteiger partial charge >= 0.3 is 0 Å². The molecule has 4 heteroatoms. The lowest BCUT2D eigenvalue weighted by Gasteiger charge is -2.45. The van der Waals surface area contributed by atoms with E-state index in [1.165, 1.54) is 71.0 Å². The fraction of sp³-hybridized carbons (Fsp3) is 0.944. The number of rotatable bonds is 4. The second kappa shape index (κ2) is 6.48. The molecule has 2 aliphatic carbocycles. The summed E-state index contributed by atoms with van der Waals surface area (Å²) in [5.74, 6) is 0.582. The third-order valence-corrected chi connectivity index (χ3v) is 6.35. The predicted molar refractivity (Wildman–Crippen MR) is 87.7 cm³/mol. The molecule has 0 aromatic carbocycles. The first-order valence-corrected chi connectivity index (χ1v) is 9.58. The van der Waals surface area contributed by atoms with E-state index in [9.17, 15) is 4.79 Å². The van der Waals surface area contributed by atoms with E-state index in [1.807, 2.05) is 0 Å². The van der Waals surface area contributed by atoms with Crippen LogP contribution < -0.4 is 5.32 Å². The summed E-state index contributed by atoms with van der Waals surface area (Å²) in [7, 11) is 0. The first kappa shape index (κ1) is 14.9. The van der Waals surface area contributed by atoms with Gasteiger partial charge in [0.2, 0.25) is 5.91 Å². The summed E-state index contributed by atoms with van der Waals surface area (Å²) in [5, 5.41) is 3.21. The van der Waals surface area contributed by atoms with E-state index < -0.39 is 0 Å². The highest BCUT2D eigenvalue weighted by molar-refractivity contribution is 5.79. The second-order valence-corrected chi connectivity index (χ2v) is 7.97. The topological polar surface area (TPSA) is 35.6 Å². The fourth-order valence-electron chi connectivity index (χ4n) is 4.47. The molecule has 0 unspecified atom stereocenters. The Labute approximate surface area is 134 Å². The van der Waals surface area contributed by atoms with Crippen molar-refractivity contribution in [3.05, 3.63) is 0 Å². The van der Waals surface area contributed by atoms with E-state index in [0.717, 1.165) is 25.0 Å². The number of hydrogen-bond acceptors (Lipinski definition) is 3. The molecule has 2 aliphatic heterocycles. The normalized spacial score (nSPS) is 32.6. The summed E-state index contributed by atoms with van der Waals surface area (Å²) in [6, 6.07) is 2.14. The number of carbonyl (C=O) groups excluding carboxylic acids is 1. The van der Waals surface area contributed by atoms with Crippen molar-refractivity contribution in [1.82, 2.24) is 15.1 Å². The Hall–Kier alpha value is -0.610. The predicted octanol–water partition coefficient (Wildman–Crippen LogP) is 1.99. The number of carbonyl (C=O) groups is 1. The van der Waals surface area contributed by atoms with Crippen LogP contribution >= 0.6 is 0 Å². The van der Waals surface area contributed by atoms with Crippen LogP contribution in [0.25, 0.3) is 0 Å². The molecule has 0 radical (unpaired) electrons. The minimum absolute atomic E-state index is 0.249. The van der Waals surface area contributed by atoms with Crippen LogP contribution in [0.1, 0.15) is 57.8 Å². The summed E-state index contributed by atoms with van der Waals surface area (Å²) in [6.07, 6.45) is 11.6. The highest BCUT2D eigenvalue weighted by Gasteiger charge is 2.35. The van der Waals surface area contributed by atoms with Gasteiger partial charge in [0.05, 0.1) is 5.92 Å². The van der Waals surface area contributed by atoms with Gasteiger partial charge in [-0.2, -0.15) is 0 Å². The molecule has 0 bridgehead atoms. The number of nitrogens with one attached hydrogen (secondary N) is 1. The van der Waals surface area contributed by atoms with Crippen molar-refractivity contribution in [2.75, 3.05) is 26.2 Å². The Morgan fingerprint density at radius 2 is 1.50 bits per heavy atom. The van der Waals surface area contributed by atoms with Gasteiger partial charge in [0.1, 0.15) is 0 Å². The molecule has 4 nitrogen and oxygen atoms in total. The molecule has 22 heavy (non-hydrogen) atoms. The van der Waals surface area contributed by atoms with Crippen LogP contribution in [0.3, 0.4) is 0 Å². The average Bonchev–Trinajstić information content (AvgIpc) is 3.30. The van der Waals surface area contributed by atoms with Gasteiger partial charge in [-0.25, -0.2) is 0 Å². The monoisotopic (exact) mass is 305 g/mol. The number of likely N-dealkylation sites (tertiary alicyclic amines) is 2. The first-order valence-electron chi connectivity index (χ1n) is 9.58. The lowest BCUT2D eigenvalue weighted by atomic mass is 9.88. The van der Waals surface area contributed by atoms with E-state index in [4.69, 9.17) is 0 Å². The molecule has 4 aliphatic rings.